The van der Waals surface area contributed by atoms with Crippen LogP contribution in [0.4, 0.5) is 0 Å². The molecule has 5 heteroatoms. The third kappa shape index (κ3) is 4.66. The van der Waals surface area contributed by atoms with E-state index in [4.69, 9.17) is 10.1 Å². The number of hydrogen-bond donors (Lipinski definition) is 0. The topological polar surface area (TPSA) is 46.8 Å². The Labute approximate surface area is 151 Å². The summed E-state index contributed by atoms with van der Waals surface area (Å²) in [7, 11) is 0. The number of rotatable bonds is 6. The summed E-state index contributed by atoms with van der Waals surface area (Å²) in [5, 5.41) is 4.74. The van der Waals surface area contributed by atoms with Gasteiger partial charge in [-0.05, 0) is 63.4 Å². The average Bonchev–Trinajstić information content (AvgIpc) is 2.92. The van der Waals surface area contributed by atoms with Gasteiger partial charge in [0.25, 0.3) is 0 Å². The van der Waals surface area contributed by atoms with E-state index in [0.717, 1.165) is 29.7 Å². The third-order valence-electron chi connectivity index (χ3n) is 5.09. The Morgan fingerprint density at radius 2 is 2.12 bits per heavy atom. The molecule has 3 rings (SSSR count). The first-order chi connectivity index (χ1) is 12.2. The molecule has 1 fully saturated rings. The number of pyridine rings is 1. The van der Waals surface area contributed by atoms with E-state index in [2.05, 4.69) is 36.7 Å². The smallest absolute Gasteiger partial charge is 0.151 e. The van der Waals surface area contributed by atoms with Crippen LogP contribution in [-0.2, 0) is 6.42 Å². The molecule has 0 bridgehead atoms. The molecule has 1 aliphatic heterocycles. The molecule has 0 saturated carbocycles. The van der Waals surface area contributed by atoms with Gasteiger partial charge < -0.3 is 4.90 Å². The normalized spacial score (nSPS) is 19.3. The van der Waals surface area contributed by atoms with Crippen molar-refractivity contribution in [3.05, 3.63) is 36.2 Å². The minimum atomic E-state index is 0.483. The Hall–Kier alpha value is -1.75. The molecule has 0 aliphatic carbocycles. The van der Waals surface area contributed by atoms with Crippen molar-refractivity contribution in [2.75, 3.05) is 19.6 Å². The van der Waals surface area contributed by atoms with Crippen LogP contribution in [0.5, 0.6) is 0 Å². The van der Waals surface area contributed by atoms with Crippen molar-refractivity contribution >= 4 is 0 Å². The van der Waals surface area contributed by atoms with Crippen LogP contribution in [-0.4, -0.2) is 44.3 Å². The van der Waals surface area contributed by atoms with E-state index in [-0.39, 0.29) is 0 Å². The molecule has 25 heavy (non-hydrogen) atoms. The molecule has 0 radical (unpaired) electrons. The van der Waals surface area contributed by atoms with Gasteiger partial charge in [-0.1, -0.05) is 20.8 Å². The zero-order valence-electron chi connectivity index (χ0n) is 15.9. The van der Waals surface area contributed by atoms with Crippen LogP contribution in [0, 0.1) is 5.92 Å². The summed E-state index contributed by atoms with van der Waals surface area (Å²) in [5.41, 5.74) is 1.02. The van der Waals surface area contributed by atoms with Crippen LogP contribution in [0.25, 0.3) is 5.69 Å². The molecule has 1 aliphatic rings. The first kappa shape index (κ1) is 18.1. The Bertz CT molecular complexity index is 649. The van der Waals surface area contributed by atoms with Gasteiger partial charge >= 0.3 is 0 Å². The zero-order chi connectivity index (χ0) is 17.6. The van der Waals surface area contributed by atoms with Gasteiger partial charge in [-0.2, -0.15) is 5.10 Å². The van der Waals surface area contributed by atoms with Gasteiger partial charge in [0, 0.05) is 18.5 Å². The van der Waals surface area contributed by atoms with Gasteiger partial charge in [0.1, 0.15) is 5.82 Å². The van der Waals surface area contributed by atoms with Gasteiger partial charge in [-0.3, -0.25) is 4.98 Å². The molecule has 3 heterocycles. The van der Waals surface area contributed by atoms with E-state index < -0.39 is 0 Å². The lowest BCUT2D eigenvalue weighted by Crippen LogP contribution is -2.26. The molecule has 0 aromatic carbocycles. The standard InChI is InChI=1S/C20H31N5/c1-4-19-22-20(25(23-19)18-8-5-11-21-15-18)17-7-6-12-24(14-10-17)13-9-16(2)3/h5,8,11,15-17H,4,6-7,9-10,12-14H2,1-3H3. The van der Waals surface area contributed by atoms with Crippen LogP contribution in [0.1, 0.15) is 64.0 Å². The molecule has 5 nitrogen and oxygen atoms in total. The highest BCUT2D eigenvalue weighted by molar-refractivity contribution is 5.28. The fourth-order valence-electron chi connectivity index (χ4n) is 3.53. The van der Waals surface area contributed by atoms with Gasteiger partial charge in [0.05, 0.1) is 11.9 Å². The van der Waals surface area contributed by atoms with Gasteiger partial charge in [-0.15, -0.1) is 0 Å². The second kappa shape index (κ2) is 8.56. The Morgan fingerprint density at radius 3 is 2.84 bits per heavy atom. The van der Waals surface area contributed by atoms with Crippen molar-refractivity contribution in [2.45, 2.75) is 58.8 Å². The highest BCUT2D eigenvalue weighted by Gasteiger charge is 2.24. The lowest BCUT2D eigenvalue weighted by Gasteiger charge is -2.21. The molecule has 0 spiro atoms. The third-order valence-corrected chi connectivity index (χ3v) is 5.09. The molecule has 0 N–H and O–H groups in total. The minimum Gasteiger partial charge on any atom is -0.303 e. The Kier molecular flexibility index (Phi) is 6.19. The predicted octanol–water partition coefficient (Wildman–Crippen LogP) is 3.84. The number of nitrogens with zero attached hydrogens (tertiary/aromatic N) is 5. The summed E-state index contributed by atoms with van der Waals surface area (Å²) < 4.78 is 2.03. The van der Waals surface area contributed by atoms with Crippen LogP contribution in [0.15, 0.2) is 24.5 Å². The van der Waals surface area contributed by atoms with Crippen LogP contribution in [0.3, 0.4) is 0 Å². The van der Waals surface area contributed by atoms with E-state index in [9.17, 15) is 0 Å². The largest absolute Gasteiger partial charge is 0.303 e. The molecule has 1 unspecified atom stereocenters. The van der Waals surface area contributed by atoms with Gasteiger partial charge in [0.2, 0.25) is 0 Å². The van der Waals surface area contributed by atoms with Gasteiger partial charge in [0.15, 0.2) is 5.82 Å². The molecule has 2 aromatic heterocycles. The molecule has 136 valence electrons. The quantitative estimate of drug-likeness (QED) is 0.801. The predicted molar refractivity (Wildman–Crippen MR) is 101 cm³/mol. The molecule has 1 atom stereocenters. The summed E-state index contributed by atoms with van der Waals surface area (Å²) in [5.74, 6) is 3.31. The number of aryl methyl sites for hydroxylation is 1. The molecule has 2 aromatic rings. The van der Waals surface area contributed by atoms with Crippen LogP contribution < -0.4 is 0 Å². The number of hydrogen-bond acceptors (Lipinski definition) is 4. The summed E-state index contributed by atoms with van der Waals surface area (Å²) in [6.45, 7) is 10.3. The lowest BCUT2D eigenvalue weighted by molar-refractivity contribution is 0.266. The van der Waals surface area contributed by atoms with Crippen molar-refractivity contribution in [2.24, 2.45) is 5.92 Å². The summed E-state index contributed by atoms with van der Waals surface area (Å²) in [6.07, 6.45) is 9.44. The lowest BCUT2D eigenvalue weighted by atomic mass is 10.00. The maximum absolute atomic E-state index is 4.88. The van der Waals surface area contributed by atoms with Crippen molar-refractivity contribution < 1.29 is 0 Å². The summed E-state index contributed by atoms with van der Waals surface area (Å²) in [6, 6.07) is 4.03. The van der Waals surface area contributed by atoms with Gasteiger partial charge in [-0.25, -0.2) is 9.67 Å². The fraction of sp³-hybridized carbons (Fsp3) is 0.650. The molecular weight excluding hydrogens is 310 g/mol. The maximum atomic E-state index is 4.88. The summed E-state index contributed by atoms with van der Waals surface area (Å²) in [4.78, 5) is 11.8. The van der Waals surface area contributed by atoms with E-state index >= 15 is 0 Å². The second-order valence-corrected chi connectivity index (χ2v) is 7.51. The van der Waals surface area contributed by atoms with Crippen molar-refractivity contribution in [3.8, 4) is 5.69 Å². The van der Waals surface area contributed by atoms with E-state index in [0.29, 0.717) is 5.92 Å². The molecular formula is C20H31N5. The highest BCUT2D eigenvalue weighted by Crippen LogP contribution is 2.28. The Morgan fingerprint density at radius 1 is 1.24 bits per heavy atom. The first-order valence-corrected chi connectivity index (χ1v) is 9.76. The van der Waals surface area contributed by atoms with Crippen molar-refractivity contribution in [1.29, 1.82) is 0 Å². The number of likely N-dealkylation sites (tertiary alicyclic amines) is 1. The van der Waals surface area contributed by atoms with Crippen molar-refractivity contribution in [3.63, 3.8) is 0 Å². The van der Waals surface area contributed by atoms with Crippen molar-refractivity contribution in [1.82, 2.24) is 24.6 Å². The first-order valence-electron chi connectivity index (χ1n) is 9.76. The zero-order valence-corrected chi connectivity index (χ0v) is 15.9. The maximum Gasteiger partial charge on any atom is 0.151 e. The van der Waals surface area contributed by atoms with E-state index in [1.807, 2.05) is 16.9 Å². The molecule has 0 amide bonds. The van der Waals surface area contributed by atoms with Crippen LogP contribution in [0.2, 0.25) is 0 Å². The number of aromatic nitrogens is 4. The fourth-order valence-corrected chi connectivity index (χ4v) is 3.53. The SMILES string of the molecule is CCc1nc(C2CCCN(CCC(C)C)CC2)n(-c2cccnc2)n1. The van der Waals surface area contributed by atoms with E-state index in [1.54, 1.807) is 6.20 Å². The molecule has 1 saturated heterocycles. The highest BCUT2D eigenvalue weighted by atomic mass is 15.4. The monoisotopic (exact) mass is 341 g/mol. The summed E-state index contributed by atoms with van der Waals surface area (Å²) >= 11 is 0. The van der Waals surface area contributed by atoms with Crippen LogP contribution >= 0.6 is 0 Å². The second-order valence-electron chi connectivity index (χ2n) is 7.51. The average molecular weight is 342 g/mol. The minimum absolute atomic E-state index is 0.483. The van der Waals surface area contributed by atoms with E-state index in [1.165, 1.54) is 45.3 Å². The Balaban J connectivity index is 1.76.